The third-order valence-electron chi connectivity index (χ3n) is 4.29. The molecule has 0 spiro atoms. The standard InChI is InChI=1S/C24H25BrN2O6/c1-4-31-21-11-17(20(25)12-22(21)33-15-23(28)32-5-2)10-18(13-26)24(29)27-14-16-6-8-19(30-3)9-7-16/h6-12H,4-5,14-15H2,1-3H3,(H,27,29)/b18-10-. The zero-order valence-corrected chi connectivity index (χ0v) is 20.2. The van der Waals surface area contributed by atoms with Crippen LogP contribution in [0.1, 0.15) is 25.0 Å². The van der Waals surface area contributed by atoms with Crippen LogP contribution in [0.5, 0.6) is 17.2 Å². The molecule has 0 aliphatic heterocycles. The van der Waals surface area contributed by atoms with Crippen LogP contribution in [0.15, 0.2) is 46.4 Å². The summed E-state index contributed by atoms with van der Waals surface area (Å²) >= 11 is 3.42. The highest BCUT2D eigenvalue weighted by Gasteiger charge is 2.15. The number of nitrogens with one attached hydrogen (secondary N) is 1. The maximum Gasteiger partial charge on any atom is 0.344 e. The van der Waals surface area contributed by atoms with Crippen molar-refractivity contribution in [3.05, 3.63) is 57.6 Å². The average Bonchev–Trinajstić information content (AvgIpc) is 2.82. The number of hydrogen-bond acceptors (Lipinski definition) is 7. The van der Waals surface area contributed by atoms with Gasteiger partial charge in [-0.15, -0.1) is 0 Å². The maximum atomic E-state index is 12.6. The molecule has 8 nitrogen and oxygen atoms in total. The highest BCUT2D eigenvalue weighted by Crippen LogP contribution is 2.35. The second-order valence-corrected chi connectivity index (χ2v) is 7.40. The molecular formula is C24H25BrN2O6. The summed E-state index contributed by atoms with van der Waals surface area (Å²) < 4.78 is 21.7. The minimum absolute atomic E-state index is 0.0770. The Morgan fingerprint density at radius 1 is 1.09 bits per heavy atom. The number of carbonyl (C=O) groups excluding carboxylic acids is 2. The average molecular weight is 517 g/mol. The van der Waals surface area contributed by atoms with Gasteiger partial charge in [0.05, 0.1) is 20.3 Å². The summed E-state index contributed by atoms with van der Waals surface area (Å²) in [5.41, 5.74) is 1.33. The van der Waals surface area contributed by atoms with Crippen molar-refractivity contribution >= 4 is 33.9 Å². The summed E-state index contributed by atoms with van der Waals surface area (Å²) in [5, 5.41) is 12.2. The van der Waals surface area contributed by atoms with Crippen LogP contribution in [0.2, 0.25) is 0 Å². The molecule has 0 saturated heterocycles. The molecule has 0 aromatic heterocycles. The van der Waals surface area contributed by atoms with Crippen molar-refractivity contribution in [2.75, 3.05) is 26.9 Å². The highest BCUT2D eigenvalue weighted by molar-refractivity contribution is 9.10. The second-order valence-electron chi connectivity index (χ2n) is 6.55. The van der Waals surface area contributed by atoms with Gasteiger partial charge in [0, 0.05) is 11.0 Å². The van der Waals surface area contributed by atoms with E-state index in [1.54, 1.807) is 45.2 Å². The summed E-state index contributed by atoms with van der Waals surface area (Å²) in [5.74, 6) is 0.400. The number of rotatable bonds is 11. The minimum Gasteiger partial charge on any atom is -0.497 e. The fourth-order valence-electron chi connectivity index (χ4n) is 2.71. The molecule has 1 amide bonds. The summed E-state index contributed by atoms with van der Waals surface area (Å²) in [7, 11) is 1.58. The summed E-state index contributed by atoms with van der Waals surface area (Å²) in [6, 6.07) is 12.4. The van der Waals surface area contributed by atoms with Gasteiger partial charge in [0.25, 0.3) is 5.91 Å². The molecule has 9 heteroatoms. The Balaban J connectivity index is 2.18. The number of nitriles is 1. The third-order valence-corrected chi connectivity index (χ3v) is 4.98. The number of amides is 1. The summed E-state index contributed by atoms with van der Waals surface area (Å²) in [6.45, 7) is 4.11. The van der Waals surface area contributed by atoms with E-state index in [1.165, 1.54) is 6.08 Å². The van der Waals surface area contributed by atoms with Crippen molar-refractivity contribution in [2.24, 2.45) is 0 Å². The maximum absolute atomic E-state index is 12.6. The lowest BCUT2D eigenvalue weighted by Gasteiger charge is -2.14. The molecule has 0 aliphatic carbocycles. The van der Waals surface area contributed by atoms with Gasteiger partial charge in [0.15, 0.2) is 18.1 Å². The van der Waals surface area contributed by atoms with Gasteiger partial charge in [-0.25, -0.2) is 4.79 Å². The lowest BCUT2D eigenvalue weighted by atomic mass is 10.1. The van der Waals surface area contributed by atoms with Crippen LogP contribution in [0.3, 0.4) is 0 Å². The molecule has 1 N–H and O–H groups in total. The van der Waals surface area contributed by atoms with Crippen molar-refractivity contribution in [3.8, 4) is 23.3 Å². The van der Waals surface area contributed by atoms with E-state index in [-0.39, 0.29) is 25.3 Å². The van der Waals surface area contributed by atoms with E-state index in [9.17, 15) is 14.9 Å². The molecule has 0 radical (unpaired) electrons. The molecule has 0 saturated carbocycles. The van der Waals surface area contributed by atoms with E-state index in [0.717, 1.165) is 5.56 Å². The Morgan fingerprint density at radius 2 is 1.79 bits per heavy atom. The molecule has 0 aliphatic rings. The first-order chi connectivity index (χ1) is 15.9. The Bertz CT molecular complexity index is 1040. The quantitative estimate of drug-likeness (QED) is 0.273. The van der Waals surface area contributed by atoms with E-state index < -0.39 is 11.9 Å². The Hall–Kier alpha value is -3.51. The Morgan fingerprint density at radius 3 is 2.39 bits per heavy atom. The van der Waals surface area contributed by atoms with Crippen LogP contribution in [0, 0.1) is 11.3 Å². The van der Waals surface area contributed by atoms with Crippen molar-refractivity contribution < 1.29 is 28.5 Å². The zero-order chi connectivity index (χ0) is 24.2. The van der Waals surface area contributed by atoms with Gasteiger partial charge < -0.3 is 24.3 Å². The summed E-state index contributed by atoms with van der Waals surface area (Å²) in [6.07, 6.45) is 1.45. The van der Waals surface area contributed by atoms with Crippen molar-refractivity contribution in [3.63, 3.8) is 0 Å². The van der Waals surface area contributed by atoms with Crippen molar-refractivity contribution in [1.82, 2.24) is 5.32 Å². The third kappa shape index (κ3) is 7.84. The summed E-state index contributed by atoms with van der Waals surface area (Å²) in [4.78, 5) is 24.2. The van der Waals surface area contributed by atoms with Crippen molar-refractivity contribution in [2.45, 2.75) is 20.4 Å². The van der Waals surface area contributed by atoms with Gasteiger partial charge in [-0.05, 0) is 55.3 Å². The predicted molar refractivity (Wildman–Crippen MR) is 126 cm³/mol. The number of nitrogens with zero attached hydrogens (tertiary/aromatic N) is 1. The largest absolute Gasteiger partial charge is 0.497 e. The van der Waals surface area contributed by atoms with Crippen LogP contribution in [-0.4, -0.2) is 38.8 Å². The van der Waals surface area contributed by atoms with Crippen LogP contribution < -0.4 is 19.5 Å². The van der Waals surface area contributed by atoms with Gasteiger partial charge >= 0.3 is 5.97 Å². The molecule has 2 aromatic rings. The smallest absolute Gasteiger partial charge is 0.344 e. The van der Waals surface area contributed by atoms with Crippen LogP contribution in [0.4, 0.5) is 0 Å². The van der Waals surface area contributed by atoms with Gasteiger partial charge in [0.1, 0.15) is 17.4 Å². The fourth-order valence-corrected chi connectivity index (χ4v) is 3.14. The molecule has 0 unspecified atom stereocenters. The van der Waals surface area contributed by atoms with Crippen LogP contribution in [0.25, 0.3) is 6.08 Å². The number of carbonyl (C=O) groups is 2. The van der Waals surface area contributed by atoms with Gasteiger partial charge in [0.2, 0.25) is 0 Å². The molecule has 0 bridgehead atoms. The number of halogens is 1. The number of esters is 1. The Kier molecular flexibility index (Phi) is 10.2. The minimum atomic E-state index is -0.513. The van der Waals surface area contributed by atoms with Gasteiger partial charge in [-0.3, -0.25) is 4.79 Å². The molecule has 174 valence electrons. The monoisotopic (exact) mass is 516 g/mol. The molecule has 0 atom stereocenters. The molecule has 2 rings (SSSR count). The van der Waals surface area contributed by atoms with Gasteiger partial charge in [-0.1, -0.05) is 28.1 Å². The molecule has 33 heavy (non-hydrogen) atoms. The first-order valence-electron chi connectivity index (χ1n) is 10.2. The number of hydrogen-bond donors (Lipinski definition) is 1. The number of methoxy groups -OCH3 is 1. The van der Waals surface area contributed by atoms with E-state index in [4.69, 9.17) is 18.9 Å². The first kappa shape index (κ1) is 25.7. The highest BCUT2D eigenvalue weighted by atomic mass is 79.9. The topological polar surface area (TPSA) is 107 Å². The van der Waals surface area contributed by atoms with E-state index in [2.05, 4.69) is 21.2 Å². The molecular weight excluding hydrogens is 492 g/mol. The number of ether oxygens (including phenoxy) is 4. The zero-order valence-electron chi connectivity index (χ0n) is 18.6. The van der Waals surface area contributed by atoms with Gasteiger partial charge in [-0.2, -0.15) is 5.26 Å². The molecule has 0 fully saturated rings. The van der Waals surface area contributed by atoms with Crippen LogP contribution >= 0.6 is 15.9 Å². The first-order valence-corrected chi connectivity index (χ1v) is 11.0. The van der Waals surface area contributed by atoms with E-state index in [1.807, 2.05) is 18.2 Å². The fraction of sp³-hybridized carbons (Fsp3) is 0.292. The Labute approximate surface area is 201 Å². The SMILES string of the molecule is CCOC(=O)COc1cc(Br)c(/C=C(/C#N)C(=O)NCc2ccc(OC)cc2)cc1OCC. The second kappa shape index (κ2) is 13.1. The van der Waals surface area contributed by atoms with Crippen LogP contribution in [-0.2, 0) is 20.9 Å². The molecule has 2 aromatic carbocycles. The van der Waals surface area contributed by atoms with E-state index >= 15 is 0 Å². The lowest BCUT2D eigenvalue weighted by Crippen LogP contribution is -2.23. The predicted octanol–water partition coefficient (Wildman–Crippen LogP) is 4.02. The van der Waals surface area contributed by atoms with Crippen molar-refractivity contribution in [1.29, 1.82) is 5.26 Å². The van der Waals surface area contributed by atoms with E-state index in [0.29, 0.717) is 33.9 Å². The number of benzene rings is 2. The lowest BCUT2D eigenvalue weighted by molar-refractivity contribution is -0.145. The molecule has 0 heterocycles. The normalized spacial score (nSPS) is 10.7.